The van der Waals surface area contributed by atoms with Crippen molar-refractivity contribution in [3.63, 3.8) is 0 Å². The van der Waals surface area contributed by atoms with Crippen molar-refractivity contribution in [2.75, 3.05) is 5.32 Å². The van der Waals surface area contributed by atoms with Crippen LogP contribution in [0.3, 0.4) is 0 Å². The second kappa shape index (κ2) is 6.10. The van der Waals surface area contributed by atoms with Crippen LogP contribution in [0.5, 0.6) is 0 Å². The number of carbonyl (C=O) groups is 1. The summed E-state index contributed by atoms with van der Waals surface area (Å²) in [5.41, 5.74) is 7.91. The maximum absolute atomic E-state index is 12.5. The molecule has 0 fully saturated rings. The quantitative estimate of drug-likeness (QED) is 0.899. The van der Waals surface area contributed by atoms with E-state index in [1.165, 1.54) is 5.56 Å². The first-order valence-electron chi connectivity index (χ1n) is 7.17. The van der Waals surface area contributed by atoms with Crippen molar-refractivity contribution in [1.82, 2.24) is 0 Å². The molecule has 0 aliphatic carbocycles. The lowest BCUT2D eigenvalue weighted by Gasteiger charge is -2.24. The molecular weight excluding hydrogens is 260 g/mol. The van der Waals surface area contributed by atoms with Gasteiger partial charge in [-0.2, -0.15) is 0 Å². The largest absolute Gasteiger partial charge is 0.324 e. The Bertz CT molecular complexity index is 618. The second-order valence-electron chi connectivity index (χ2n) is 5.80. The molecule has 3 nitrogen and oxygen atoms in total. The zero-order valence-electron chi connectivity index (χ0n) is 12.8. The van der Waals surface area contributed by atoms with Crippen LogP contribution in [0, 0.1) is 0 Å². The van der Waals surface area contributed by atoms with E-state index in [2.05, 4.69) is 25.2 Å². The van der Waals surface area contributed by atoms with E-state index >= 15 is 0 Å². The van der Waals surface area contributed by atoms with Gasteiger partial charge in [0.15, 0.2) is 0 Å². The molecule has 0 aliphatic rings. The monoisotopic (exact) mass is 282 g/mol. The lowest BCUT2D eigenvalue weighted by molar-refractivity contribution is -0.120. The first-order valence-corrected chi connectivity index (χ1v) is 7.17. The molecule has 2 aromatic rings. The first kappa shape index (κ1) is 15.3. The molecule has 3 N–H and O–H groups in total. The van der Waals surface area contributed by atoms with Crippen LogP contribution in [0.25, 0.3) is 0 Å². The average Bonchev–Trinajstić information content (AvgIpc) is 2.48. The molecule has 110 valence electrons. The number of carbonyl (C=O) groups excluding carboxylic acids is 1. The Kier molecular flexibility index (Phi) is 4.43. The summed E-state index contributed by atoms with van der Waals surface area (Å²) in [5, 5.41) is 2.91. The van der Waals surface area contributed by atoms with Crippen molar-refractivity contribution in [1.29, 1.82) is 0 Å². The predicted molar refractivity (Wildman–Crippen MR) is 87.1 cm³/mol. The molecule has 1 atom stereocenters. The highest BCUT2D eigenvalue weighted by atomic mass is 16.2. The number of anilines is 1. The lowest BCUT2D eigenvalue weighted by atomic mass is 9.92. The van der Waals surface area contributed by atoms with Gasteiger partial charge in [0, 0.05) is 5.69 Å². The number of hydrogen-bond acceptors (Lipinski definition) is 2. The maximum atomic E-state index is 12.5. The van der Waals surface area contributed by atoms with Crippen LogP contribution in [0.1, 0.15) is 37.8 Å². The molecular formula is C18H22N2O. The van der Waals surface area contributed by atoms with Crippen molar-refractivity contribution in [3.05, 3.63) is 65.7 Å². The second-order valence-corrected chi connectivity index (χ2v) is 5.80. The van der Waals surface area contributed by atoms with Crippen LogP contribution in [0.2, 0.25) is 0 Å². The summed E-state index contributed by atoms with van der Waals surface area (Å²) < 4.78 is 0. The molecule has 0 spiro atoms. The van der Waals surface area contributed by atoms with Gasteiger partial charge in [-0.3, -0.25) is 4.79 Å². The highest BCUT2D eigenvalue weighted by Crippen LogP contribution is 2.22. The minimum absolute atomic E-state index is 0.213. The summed E-state index contributed by atoms with van der Waals surface area (Å²) in [6.07, 6.45) is 0. The molecule has 0 saturated carbocycles. The Morgan fingerprint density at radius 1 is 1.10 bits per heavy atom. The molecule has 0 bridgehead atoms. The third kappa shape index (κ3) is 3.50. The summed E-state index contributed by atoms with van der Waals surface area (Å²) in [4.78, 5) is 12.5. The van der Waals surface area contributed by atoms with Gasteiger partial charge in [-0.15, -0.1) is 0 Å². The fourth-order valence-corrected chi connectivity index (χ4v) is 2.15. The third-order valence-corrected chi connectivity index (χ3v) is 3.66. The van der Waals surface area contributed by atoms with E-state index in [1.807, 2.05) is 48.5 Å². The van der Waals surface area contributed by atoms with Gasteiger partial charge in [0.1, 0.15) is 5.54 Å². The molecule has 2 rings (SSSR count). The van der Waals surface area contributed by atoms with E-state index in [0.29, 0.717) is 5.92 Å². The van der Waals surface area contributed by atoms with Crippen LogP contribution in [-0.4, -0.2) is 5.91 Å². The molecule has 0 saturated heterocycles. The average molecular weight is 282 g/mol. The van der Waals surface area contributed by atoms with Gasteiger partial charge in [-0.1, -0.05) is 56.3 Å². The van der Waals surface area contributed by atoms with Crippen LogP contribution in [0.15, 0.2) is 54.6 Å². The summed E-state index contributed by atoms with van der Waals surface area (Å²) in [6.45, 7) is 5.97. The van der Waals surface area contributed by atoms with Gasteiger partial charge in [-0.05, 0) is 36.1 Å². The van der Waals surface area contributed by atoms with Crippen molar-refractivity contribution >= 4 is 11.6 Å². The summed E-state index contributed by atoms with van der Waals surface area (Å²) in [6, 6.07) is 17.3. The Morgan fingerprint density at radius 3 is 2.38 bits per heavy atom. The van der Waals surface area contributed by atoms with Gasteiger partial charge < -0.3 is 11.1 Å². The van der Waals surface area contributed by atoms with Crippen molar-refractivity contribution in [3.8, 4) is 0 Å². The van der Waals surface area contributed by atoms with E-state index in [9.17, 15) is 4.79 Å². The van der Waals surface area contributed by atoms with Crippen molar-refractivity contribution in [2.45, 2.75) is 32.2 Å². The zero-order chi connectivity index (χ0) is 15.5. The molecule has 3 heteroatoms. The number of rotatable bonds is 4. The van der Waals surface area contributed by atoms with Crippen molar-refractivity contribution < 1.29 is 4.79 Å². The molecule has 0 heterocycles. The SMILES string of the molecule is CC(C)c1cccc(NC(=O)C(C)(N)c2ccccc2)c1. The number of benzene rings is 2. The minimum atomic E-state index is -1.06. The van der Waals surface area contributed by atoms with E-state index in [1.54, 1.807) is 6.92 Å². The van der Waals surface area contributed by atoms with Crippen LogP contribution < -0.4 is 11.1 Å². The van der Waals surface area contributed by atoms with Crippen molar-refractivity contribution in [2.24, 2.45) is 5.73 Å². The molecule has 1 unspecified atom stereocenters. The van der Waals surface area contributed by atoms with E-state index in [0.717, 1.165) is 11.3 Å². The highest BCUT2D eigenvalue weighted by Gasteiger charge is 2.30. The van der Waals surface area contributed by atoms with Crippen LogP contribution in [-0.2, 0) is 10.3 Å². The molecule has 0 aromatic heterocycles. The zero-order valence-corrected chi connectivity index (χ0v) is 12.8. The summed E-state index contributed by atoms with van der Waals surface area (Å²) in [5.74, 6) is 0.204. The molecule has 0 radical (unpaired) electrons. The fourth-order valence-electron chi connectivity index (χ4n) is 2.15. The maximum Gasteiger partial charge on any atom is 0.248 e. The van der Waals surface area contributed by atoms with Crippen LogP contribution in [0.4, 0.5) is 5.69 Å². The molecule has 0 aliphatic heterocycles. The number of hydrogen-bond donors (Lipinski definition) is 2. The van der Waals surface area contributed by atoms with E-state index < -0.39 is 5.54 Å². The third-order valence-electron chi connectivity index (χ3n) is 3.66. The minimum Gasteiger partial charge on any atom is -0.324 e. The lowest BCUT2D eigenvalue weighted by Crippen LogP contribution is -2.45. The summed E-state index contributed by atoms with van der Waals surface area (Å²) in [7, 11) is 0. The van der Waals surface area contributed by atoms with E-state index in [-0.39, 0.29) is 5.91 Å². The first-order chi connectivity index (χ1) is 9.91. The van der Waals surface area contributed by atoms with Gasteiger partial charge in [0.05, 0.1) is 0 Å². The summed E-state index contributed by atoms with van der Waals surface area (Å²) >= 11 is 0. The standard InChI is InChI=1S/C18H22N2O/c1-13(2)14-8-7-11-16(12-14)20-17(21)18(3,19)15-9-5-4-6-10-15/h4-13H,19H2,1-3H3,(H,20,21). The molecule has 1 amide bonds. The molecule has 2 aromatic carbocycles. The van der Waals surface area contributed by atoms with Gasteiger partial charge >= 0.3 is 0 Å². The Balaban J connectivity index is 2.20. The Labute approximate surface area is 126 Å². The number of nitrogens with one attached hydrogen (secondary N) is 1. The van der Waals surface area contributed by atoms with Gasteiger partial charge in [0.2, 0.25) is 5.91 Å². The normalized spacial score (nSPS) is 13.8. The topological polar surface area (TPSA) is 55.1 Å². The Morgan fingerprint density at radius 2 is 1.76 bits per heavy atom. The van der Waals surface area contributed by atoms with Gasteiger partial charge in [-0.25, -0.2) is 0 Å². The fraction of sp³-hybridized carbons (Fsp3) is 0.278. The molecule has 21 heavy (non-hydrogen) atoms. The van der Waals surface area contributed by atoms with E-state index in [4.69, 9.17) is 5.73 Å². The smallest absolute Gasteiger partial charge is 0.248 e. The highest BCUT2D eigenvalue weighted by molar-refractivity contribution is 5.98. The number of amides is 1. The Hall–Kier alpha value is -2.13. The number of nitrogens with two attached hydrogens (primary N) is 1. The predicted octanol–water partition coefficient (Wildman–Crippen LogP) is 3.62. The van der Waals surface area contributed by atoms with Gasteiger partial charge in [0.25, 0.3) is 0 Å². The van der Waals surface area contributed by atoms with Crippen LogP contribution >= 0.6 is 0 Å².